The SMILES string of the molecule is CCc1ccsc1CNc1cc(NN)nc(N)n1. The van der Waals surface area contributed by atoms with Crippen LogP contribution >= 0.6 is 11.3 Å². The molecule has 7 heteroatoms. The van der Waals surface area contributed by atoms with Crippen LogP contribution in [0.4, 0.5) is 17.6 Å². The minimum absolute atomic E-state index is 0.190. The van der Waals surface area contributed by atoms with Crippen molar-refractivity contribution in [1.82, 2.24) is 9.97 Å². The van der Waals surface area contributed by atoms with Gasteiger partial charge in [-0.05, 0) is 23.4 Å². The molecule has 0 aliphatic rings. The summed E-state index contributed by atoms with van der Waals surface area (Å²) in [5.41, 5.74) is 9.39. The first-order chi connectivity index (χ1) is 8.72. The molecule has 2 aromatic rings. The first-order valence-electron chi connectivity index (χ1n) is 5.63. The van der Waals surface area contributed by atoms with E-state index in [9.17, 15) is 0 Å². The third-order valence-corrected chi connectivity index (χ3v) is 3.50. The van der Waals surface area contributed by atoms with E-state index < -0.39 is 0 Å². The van der Waals surface area contributed by atoms with Crippen molar-refractivity contribution in [3.05, 3.63) is 28.0 Å². The average molecular weight is 264 g/mol. The van der Waals surface area contributed by atoms with E-state index in [1.807, 2.05) is 0 Å². The Morgan fingerprint density at radius 1 is 1.33 bits per heavy atom. The number of thiophene rings is 1. The molecule has 0 aliphatic heterocycles. The van der Waals surface area contributed by atoms with Gasteiger partial charge in [0.2, 0.25) is 5.95 Å². The molecule has 0 amide bonds. The van der Waals surface area contributed by atoms with Crippen molar-refractivity contribution in [3.8, 4) is 0 Å². The second-order valence-electron chi connectivity index (χ2n) is 3.72. The van der Waals surface area contributed by atoms with Gasteiger partial charge in [-0.1, -0.05) is 6.92 Å². The molecular formula is C11H16N6S. The summed E-state index contributed by atoms with van der Waals surface area (Å²) in [6.07, 6.45) is 1.03. The maximum atomic E-state index is 5.58. The fourth-order valence-electron chi connectivity index (χ4n) is 1.64. The Hall–Kier alpha value is -1.86. The highest BCUT2D eigenvalue weighted by Gasteiger charge is 2.04. The molecule has 0 fully saturated rings. The van der Waals surface area contributed by atoms with Gasteiger partial charge in [0.05, 0.1) is 6.54 Å². The van der Waals surface area contributed by atoms with Crippen LogP contribution in [-0.2, 0) is 13.0 Å². The highest BCUT2D eigenvalue weighted by atomic mass is 32.1. The van der Waals surface area contributed by atoms with Crippen molar-refractivity contribution < 1.29 is 0 Å². The number of nitrogens with one attached hydrogen (secondary N) is 2. The van der Waals surface area contributed by atoms with Crippen molar-refractivity contribution in [1.29, 1.82) is 0 Å². The van der Waals surface area contributed by atoms with Crippen LogP contribution in [0.5, 0.6) is 0 Å². The van der Waals surface area contributed by atoms with E-state index in [-0.39, 0.29) is 5.95 Å². The number of anilines is 3. The predicted octanol–water partition coefficient (Wildman–Crippen LogP) is 1.58. The topological polar surface area (TPSA) is 102 Å². The molecule has 0 bridgehead atoms. The van der Waals surface area contributed by atoms with Gasteiger partial charge in [0, 0.05) is 10.9 Å². The number of rotatable bonds is 5. The lowest BCUT2D eigenvalue weighted by Crippen LogP contribution is -2.12. The summed E-state index contributed by atoms with van der Waals surface area (Å²) in [6.45, 7) is 2.87. The molecule has 96 valence electrons. The number of aromatic nitrogens is 2. The van der Waals surface area contributed by atoms with Crippen molar-refractivity contribution in [3.63, 3.8) is 0 Å². The molecule has 0 atom stereocenters. The van der Waals surface area contributed by atoms with Crippen LogP contribution in [0.1, 0.15) is 17.4 Å². The summed E-state index contributed by atoms with van der Waals surface area (Å²) in [6, 6.07) is 3.86. The molecule has 6 nitrogen and oxygen atoms in total. The Labute approximate surface area is 109 Å². The molecule has 18 heavy (non-hydrogen) atoms. The molecular weight excluding hydrogens is 248 g/mol. The fourth-order valence-corrected chi connectivity index (χ4v) is 2.55. The number of hydrogen-bond acceptors (Lipinski definition) is 7. The van der Waals surface area contributed by atoms with E-state index in [1.54, 1.807) is 17.4 Å². The van der Waals surface area contributed by atoms with Gasteiger partial charge in [-0.3, -0.25) is 0 Å². The van der Waals surface area contributed by atoms with Crippen LogP contribution in [0.15, 0.2) is 17.5 Å². The zero-order valence-corrected chi connectivity index (χ0v) is 10.9. The standard InChI is InChI=1S/C11H16N6S/c1-2-7-3-4-18-8(7)6-14-9-5-10(17-13)16-11(12)15-9/h3-5H,2,6,13H2,1H3,(H4,12,14,15,16,17). The Balaban J connectivity index is 2.08. The average Bonchev–Trinajstić information content (AvgIpc) is 2.83. The Bertz CT molecular complexity index is 524. The molecule has 0 spiro atoms. The molecule has 2 aromatic heterocycles. The van der Waals surface area contributed by atoms with Gasteiger partial charge in [0.1, 0.15) is 11.6 Å². The van der Waals surface area contributed by atoms with Crippen molar-refractivity contribution in [2.24, 2.45) is 5.84 Å². The summed E-state index contributed by atoms with van der Waals surface area (Å²) < 4.78 is 0. The minimum Gasteiger partial charge on any atom is -0.368 e. The predicted molar refractivity (Wildman–Crippen MR) is 75.3 cm³/mol. The van der Waals surface area contributed by atoms with E-state index >= 15 is 0 Å². The lowest BCUT2D eigenvalue weighted by atomic mass is 10.2. The molecule has 0 aromatic carbocycles. The molecule has 6 N–H and O–H groups in total. The summed E-state index contributed by atoms with van der Waals surface area (Å²) in [5.74, 6) is 6.64. The number of hydrazine groups is 1. The van der Waals surface area contributed by atoms with Gasteiger partial charge in [0.15, 0.2) is 0 Å². The second-order valence-corrected chi connectivity index (χ2v) is 4.72. The third kappa shape index (κ3) is 2.88. The van der Waals surface area contributed by atoms with Crippen LogP contribution in [0.2, 0.25) is 0 Å². The zero-order valence-electron chi connectivity index (χ0n) is 10.1. The molecule has 2 heterocycles. The minimum atomic E-state index is 0.190. The molecule has 0 radical (unpaired) electrons. The second kappa shape index (κ2) is 5.65. The van der Waals surface area contributed by atoms with Crippen LogP contribution in [0.25, 0.3) is 0 Å². The summed E-state index contributed by atoms with van der Waals surface area (Å²) in [5, 5.41) is 5.32. The first kappa shape index (κ1) is 12.6. The molecule has 2 rings (SSSR count). The normalized spacial score (nSPS) is 10.3. The monoisotopic (exact) mass is 264 g/mol. The van der Waals surface area contributed by atoms with Crippen LogP contribution in [-0.4, -0.2) is 9.97 Å². The molecule has 0 saturated carbocycles. The smallest absolute Gasteiger partial charge is 0.223 e. The quantitative estimate of drug-likeness (QED) is 0.483. The van der Waals surface area contributed by atoms with Gasteiger partial charge in [-0.2, -0.15) is 9.97 Å². The summed E-state index contributed by atoms with van der Waals surface area (Å²) in [7, 11) is 0. The van der Waals surface area contributed by atoms with E-state index in [4.69, 9.17) is 11.6 Å². The largest absolute Gasteiger partial charge is 0.368 e. The van der Waals surface area contributed by atoms with Gasteiger partial charge >= 0.3 is 0 Å². The van der Waals surface area contributed by atoms with Crippen LogP contribution < -0.4 is 22.3 Å². The maximum absolute atomic E-state index is 5.58. The van der Waals surface area contributed by atoms with Crippen molar-refractivity contribution in [2.75, 3.05) is 16.5 Å². The molecule has 0 aliphatic carbocycles. The van der Waals surface area contributed by atoms with Gasteiger partial charge in [-0.15, -0.1) is 11.3 Å². The fraction of sp³-hybridized carbons (Fsp3) is 0.273. The number of nitrogens with two attached hydrogens (primary N) is 2. The highest BCUT2D eigenvalue weighted by molar-refractivity contribution is 7.10. The van der Waals surface area contributed by atoms with Crippen molar-refractivity contribution in [2.45, 2.75) is 19.9 Å². The maximum Gasteiger partial charge on any atom is 0.223 e. The Morgan fingerprint density at radius 3 is 2.83 bits per heavy atom. The highest BCUT2D eigenvalue weighted by Crippen LogP contribution is 2.19. The lowest BCUT2D eigenvalue weighted by Gasteiger charge is -2.08. The van der Waals surface area contributed by atoms with Gasteiger partial charge in [0.25, 0.3) is 0 Å². The third-order valence-electron chi connectivity index (χ3n) is 2.54. The van der Waals surface area contributed by atoms with E-state index in [1.165, 1.54) is 10.4 Å². The van der Waals surface area contributed by atoms with E-state index in [0.717, 1.165) is 13.0 Å². The van der Waals surface area contributed by atoms with Gasteiger partial charge < -0.3 is 16.5 Å². The molecule has 0 unspecified atom stereocenters. The van der Waals surface area contributed by atoms with E-state index in [0.29, 0.717) is 11.6 Å². The van der Waals surface area contributed by atoms with E-state index in [2.05, 4.69) is 39.1 Å². The summed E-state index contributed by atoms with van der Waals surface area (Å²) in [4.78, 5) is 9.33. The summed E-state index contributed by atoms with van der Waals surface area (Å²) >= 11 is 1.73. The van der Waals surface area contributed by atoms with Crippen molar-refractivity contribution >= 4 is 28.9 Å². The number of nitrogens with zero attached hydrogens (tertiary/aromatic N) is 2. The number of nitrogen functional groups attached to an aromatic ring is 2. The van der Waals surface area contributed by atoms with Crippen LogP contribution in [0, 0.1) is 0 Å². The Morgan fingerprint density at radius 2 is 2.11 bits per heavy atom. The van der Waals surface area contributed by atoms with Crippen LogP contribution in [0.3, 0.4) is 0 Å². The lowest BCUT2D eigenvalue weighted by molar-refractivity contribution is 1.06. The molecule has 0 saturated heterocycles. The Kier molecular flexibility index (Phi) is 3.96. The zero-order chi connectivity index (χ0) is 13.0. The number of hydrogen-bond donors (Lipinski definition) is 4. The first-order valence-corrected chi connectivity index (χ1v) is 6.51. The number of aryl methyl sites for hydroxylation is 1. The van der Waals surface area contributed by atoms with Gasteiger partial charge in [-0.25, -0.2) is 5.84 Å².